The number of morpholine rings is 1. The number of carbonyl (C=O) groups is 1. The average molecular weight is 383 g/mol. The average Bonchev–Trinajstić information content (AvgIpc) is 3.14. The SMILES string of the molecule is C=CC(=O)N1[C@H](C)COC[C@H]1c1cc(Cl)nc(-c2ccn3ccnc3c2)c1. The number of ether oxygens (including phenoxy) is 1. The minimum Gasteiger partial charge on any atom is -0.377 e. The first kappa shape index (κ1) is 17.7. The molecule has 2 atom stereocenters. The summed E-state index contributed by atoms with van der Waals surface area (Å²) in [6.45, 7) is 6.49. The number of pyridine rings is 2. The van der Waals surface area contributed by atoms with Gasteiger partial charge in [0.15, 0.2) is 0 Å². The van der Waals surface area contributed by atoms with Crippen molar-refractivity contribution < 1.29 is 9.53 Å². The number of amides is 1. The molecule has 1 fully saturated rings. The van der Waals surface area contributed by atoms with Crippen LogP contribution in [0, 0.1) is 0 Å². The maximum Gasteiger partial charge on any atom is 0.246 e. The van der Waals surface area contributed by atoms with Crippen molar-refractivity contribution in [2.75, 3.05) is 13.2 Å². The van der Waals surface area contributed by atoms with E-state index in [1.54, 1.807) is 17.2 Å². The van der Waals surface area contributed by atoms with Crippen LogP contribution < -0.4 is 0 Å². The fourth-order valence-electron chi connectivity index (χ4n) is 3.48. The topological polar surface area (TPSA) is 59.7 Å². The van der Waals surface area contributed by atoms with Gasteiger partial charge in [-0.1, -0.05) is 18.2 Å². The van der Waals surface area contributed by atoms with Gasteiger partial charge in [0.25, 0.3) is 0 Å². The highest BCUT2D eigenvalue weighted by atomic mass is 35.5. The van der Waals surface area contributed by atoms with Crippen LogP contribution in [0.1, 0.15) is 18.5 Å². The second kappa shape index (κ2) is 7.13. The van der Waals surface area contributed by atoms with Crippen LogP contribution in [0.2, 0.25) is 5.15 Å². The van der Waals surface area contributed by atoms with Crippen molar-refractivity contribution in [3.8, 4) is 11.3 Å². The third kappa shape index (κ3) is 3.34. The van der Waals surface area contributed by atoms with Gasteiger partial charge in [-0.25, -0.2) is 9.97 Å². The molecule has 1 aliphatic rings. The van der Waals surface area contributed by atoms with Crippen LogP contribution in [0.5, 0.6) is 0 Å². The third-order valence-corrected chi connectivity index (χ3v) is 4.96. The smallest absolute Gasteiger partial charge is 0.246 e. The minimum atomic E-state index is -0.242. The van der Waals surface area contributed by atoms with Gasteiger partial charge < -0.3 is 14.0 Å². The summed E-state index contributed by atoms with van der Waals surface area (Å²) in [5.74, 6) is -0.121. The Labute approximate surface area is 162 Å². The lowest BCUT2D eigenvalue weighted by molar-refractivity contribution is -0.140. The summed E-state index contributed by atoms with van der Waals surface area (Å²) in [6.07, 6.45) is 6.90. The second-order valence-electron chi connectivity index (χ2n) is 6.57. The minimum absolute atomic E-state index is 0.0501. The summed E-state index contributed by atoms with van der Waals surface area (Å²) < 4.78 is 7.63. The molecule has 0 radical (unpaired) electrons. The number of aromatic nitrogens is 3. The first-order valence-corrected chi connectivity index (χ1v) is 9.07. The summed E-state index contributed by atoms with van der Waals surface area (Å²) in [5, 5.41) is 0.370. The van der Waals surface area contributed by atoms with Crippen LogP contribution in [-0.2, 0) is 9.53 Å². The molecule has 1 saturated heterocycles. The molecule has 0 spiro atoms. The highest BCUT2D eigenvalue weighted by Gasteiger charge is 2.32. The Morgan fingerprint density at radius 2 is 2.19 bits per heavy atom. The molecule has 138 valence electrons. The van der Waals surface area contributed by atoms with Crippen LogP contribution in [-0.4, -0.2) is 44.4 Å². The van der Waals surface area contributed by atoms with Gasteiger partial charge in [-0.05, 0) is 42.8 Å². The second-order valence-corrected chi connectivity index (χ2v) is 6.96. The summed E-state index contributed by atoms with van der Waals surface area (Å²) in [7, 11) is 0. The Morgan fingerprint density at radius 1 is 1.33 bits per heavy atom. The summed E-state index contributed by atoms with van der Waals surface area (Å²) >= 11 is 6.32. The highest BCUT2D eigenvalue weighted by molar-refractivity contribution is 6.29. The van der Waals surface area contributed by atoms with Crippen molar-refractivity contribution in [1.82, 2.24) is 19.3 Å². The van der Waals surface area contributed by atoms with E-state index in [9.17, 15) is 4.79 Å². The number of carbonyl (C=O) groups excluding carboxylic acids is 1. The van der Waals surface area contributed by atoms with Crippen molar-refractivity contribution in [2.24, 2.45) is 0 Å². The molecule has 0 N–H and O–H groups in total. The van der Waals surface area contributed by atoms with Crippen LogP contribution >= 0.6 is 11.6 Å². The van der Waals surface area contributed by atoms with Gasteiger partial charge in [0.1, 0.15) is 10.8 Å². The van der Waals surface area contributed by atoms with Gasteiger partial charge in [0, 0.05) is 24.2 Å². The van der Waals surface area contributed by atoms with E-state index in [1.165, 1.54) is 6.08 Å². The van der Waals surface area contributed by atoms with Gasteiger partial charge in [-0.2, -0.15) is 0 Å². The Kier molecular flexibility index (Phi) is 4.68. The molecular formula is C20H19ClN4O2. The lowest BCUT2D eigenvalue weighted by Gasteiger charge is -2.40. The molecule has 0 unspecified atom stereocenters. The first-order valence-electron chi connectivity index (χ1n) is 8.70. The molecule has 3 aromatic heterocycles. The van der Waals surface area contributed by atoms with E-state index < -0.39 is 0 Å². The predicted octanol–water partition coefficient (Wildman–Crippen LogP) is 3.52. The molecule has 0 saturated carbocycles. The lowest BCUT2D eigenvalue weighted by Crippen LogP contribution is -2.48. The molecule has 0 bridgehead atoms. The van der Waals surface area contributed by atoms with E-state index in [-0.39, 0.29) is 18.0 Å². The van der Waals surface area contributed by atoms with E-state index in [4.69, 9.17) is 16.3 Å². The lowest BCUT2D eigenvalue weighted by atomic mass is 10.0. The predicted molar refractivity (Wildman–Crippen MR) is 103 cm³/mol. The Morgan fingerprint density at radius 3 is 3.00 bits per heavy atom. The Hall–Kier alpha value is -2.70. The Balaban J connectivity index is 1.77. The van der Waals surface area contributed by atoms with E-state index in [0.717, 1.165) is 22.5 Å². The zero-order valence-electron chi connectivity index (χ0n) is 14.9. The van der Waals surface area contributed by atoms with Crippen LogP contribution in [0.3, 0.4) is 0 Å². The molecule has 27 heavy (non-hydrogen) atoms. The monoisotopic (exact) mass is 382 g/mol. The molecule has 4 rings (SSSR count). The van der Waals surface area contributed by atoms with Gasteiger partial charge >= 0.3 is 0 Å². The zero-order valence-corrected chi connectivity index (χ0v) is 15.6. The van der Waals surface area contributed by atoms with E-state index >= 15 is 0 Å². The Bertz CT molecular complexity index is 1020. The van der Waals surface area contributed by atoms with Gasteiger partial charge in [0.05, 0.1) is 31.0 Å². The summed E-state index contributed by atoms with van der Waals surface area (Å²) in [5.41, 5.74) is 3.35. The standard InChI is InChI=1S/C20H19ClN4O2/c1-3-20(26)25-13(2)11-27-12-17(25)15-8-16(23-18(21)9-15)14-4-6-24-7-5-22-19(24)10-14/h3-10,13,17H,1,11-12H2,2H3/t13-,17+/m1/s1. The van der Waals surface area contributed by atoms with E-state index in [2.05, 4.69) is 16.5 Å². The van der Waals surface area contributed by atoms with Crippen LogP contribution in [0.4, 0.5) is 0 Å². The molecule has 3 aromatic rings. The first-order chi connectivity index (χ1) is 13.1. The number of halogens is 1. The van der Waals surface area contributed by atoms with Crippen molar-refractivity contribution in [3.05, 3.63) is 66.2 Å². The maximum atomic E-state index is 12.4. The number of hydrogen-bond acceptors (Lipinski definition) is 4. The largest absolute Gasteiger partial charge is 0.377 e. The molecular weight excluding hydrogens is 364 g/mol. The molecule has 1 amide bonds. The molecule has 6 nitrogen and oxygen atoms in total. The van der Waals surface area contributed by atoms with E-state index in [1.807, 2.05) is 41.9 Å². The molecule has 4 heterocycles. The fourth-order valence-corrected chi connectivity index (χ4v) is 3.69. The summed E-state index contributed by atoms with van der Waals surface area (Å²) in [6, 6.07) is 7.36. The third-order valence-electron chi connectivity index (χ3n) is 4.77. The number of fused-ring (bicyclic) bond motifs is 1. The number of hydrogen-bond donors (Lipinski definition) is 0. The van der Waals surface area contributed by atoms with Crippen molar-refractivity contribution in [1.29, 1.82) is 0 Å². The quantitative estimate of drug-likeness (QED) is 0.513. The van der Waals surface area contributed by atoms with E-state index in [0.29, 0.717) is 18.4 Å². The molecule has 0 aromatic carbocycles. The van der Waals surface area contributed by atoms with Crippen molar-refractivity contribution >= 4 is 23.2 Å². The number of imidazole rings is 1. The van der Waals surface area contributed by atoms with Gasteiger partial charge in [-0.3, -0.25) is 4.79 Å². The van der Waals surface area contributed by atoms with Gasteiger partial charge in [0.2, 0.25) is 5.91 Å². The molecule has 0 aliphatic carbocycles. The molecule has 7 heteroatoms. The van der Waals surface area contributed by atoms with Crippen molar-refractivity contribution in [3.63, 3.8) is 0 Å². The van der Waals surface area contributed by atoms with Gasteiger partial charge in [-0.15, -0.1) is 0 Å². The van der Waals surface area contributed by atoms with Crippen LogP contribution in [0.15, 0.2) is 55.5 Å². The zero-order chi connectivity index (χ0) is 19.0. The molecule has 1 aliphatic heterocycles. The number of nitrogens with zero attached hydrogens (tertiary/aromatic N) is 4. The fraction of sp³-hybridized carbons (Fsp3) is 0.250. The number of rotatable bonds is 3. The van der Waals surface area contributed by atoms with Crippen LogP contribution in [0.25, 0.3) is 16.9 Å². The highest BCUT2D eigenvalue weighted by Crippen LogP contribution is 2.32. The van der Waals surface area contributed by atoms with Crippen molar-refractivity contribution in [2.45, 2.75) is 19.0 Å². The summed E-state index contributed by atoms with van der Waals surface area (Å²) in [4.78, 5) is 23.0. The normalized spacial score (nSPS) is 20.0. The maximum absolute atomic E-state index is 12.4.